The van der Waals surface area contributed by atoms with E-state index in [9.17, 15) is 4.79 Å². The van der Waals surface area contributed by atoms with Crippen molar-refractivity contribution in [3.8, 4) is 0 Å². The summed E-state index contributed by atoms with van der Waals surface area (Å²) in [5.74, 6) is -0.109. The van der Waals surface area contributed by atoms with Crippen molar-refractivity contribution >= 4 is 5.97 Å². The van der Waals surface area contributed by atoms with E-state index in [1.54, 1.807) is 0 Å². The Labute approximate surface area is 80.3 Å². The second-order valence-electron chi connectivity index (χ2n) is 4.94. The minimum absolute atomic E-state index is 0.0962. The molecule has 1 aliphatic carbocycles. The van der Waals surface area contributed by atoms with E-state index in [2.05, 4.69) is 20.8 Å². The van der Waals surface area contributed by atoms with E-state index >= 15 is 0 Å². The average Bonchev–Trinajstić information content (AvgIpc) is 2.04. The van der Waals surface area contributed by atoms with Crippen LogP contribution in [-0.4, -0.2) is 11.1 Å². The first kappa shape index (κ1) is 10.6. The fourth-order valence-corrected chi connectivity index (χ4v) is 2.25. The van der Waals surface area contributed by atoms with Gasteiger partial charge in [-0.25, -0.2) is 0 Å². The Morgan fingerprint density at radius 3 is 2.62 bits per heavy atom. The van der Waals surface area contributed by atoms with Crippen LogP contribution < -0.4 is 0 Å². The Balaban J connectivity index is 2.65. The molecule has 0 aliphatic heterocycles. The van der Waals surface area contributed by atoms with Crippen LogP contribution in [0.4, 0.5) is 0 Å². The topological polar surface area (TPSA) is 37.3 Å². The molecule has 0 amide bonds. The maximum atomic E-state index is 10.9. The van der Waals surface area contributed by atoms with Crippen molar-refractivity contribution in [2.45, 2.75) is 46.5 Å². The van der Waals surface area contributed by atoms with Crippen LogP contribution in [0.5, 0.6) is 0 Å². The summed E-state index contributed by atoms with van der Waals surface area (Å²) in [5.41, 5.74) is 0.251. The first-order valence-electron chi connectivity index (χ1n) is 5.18. The molecular formula is C11H20O2. The minimum Gasteiger partial charge on any atom is -0.481 e. The summed E-state index contributed by atoms with van der Waals surface area (Å²) in [7, 11) is 0. The lowest BCUT2D eigenvalue weighted by atomic mass is 9.65. The van der Waals surface area contributed by atoms with Crippen molar-refractivity contribution in [1.82, 2.24) is 0 Å². The van der Waals surface area contributed by atoms with Gasteiger partial charge >= 0.3 is 5.97 Å². The van der Waals surface area contributed by atoms with Gasteiger partial charge in [-0.2, -0.15) is 0 Å². The average molecular weight is 184 g/mol. The van der Waals surface area contributed by atoms with Crippen molar-refractivity contribution in [2.24, 2.45) is 17.3 Å². The SMILES string of the molecule is CC(C)[C@]1(C)CCC[C@@H](C(=O)O)C1. The second-order valence-corrected chi connectivity index (χ2v) is 4.94. The first-order chi connectivity index (χ1) is 5.96. The number of carboxylic acids is 1. The second kappa shape index (κ2) is 3.69. The summed E-state index contributed by atoms with van der Waals surface area (Å²) in [4.78, 5) is 10.9. The van der Waals surface area contributed by atoms with Gasteiger partial charge in [0, 0.05) is 0 Å². The van der Waals surface area contributed by atoms with E-state index < -0.39 is 5.97 Å². The molecule has 0 bridgehead atoms. The van der Waals surface area contributed by atoms with E-state index in [1.807, 2.05) is 0 Å². The molecule has 1 saturated carbocycles. The Morgan fingerprint density at radius 2 is 2.15 bits per heavy atom. The molecule has 0 unspecified atom stereocenters. The number of carbonyl (C=O) groups is 1. The maximum absolute atomic E-state index is 10.9. The molecule has 0 saturated heterocycles. The molecule has 0 aromatic carbocycles. The molecule has 0 aromatic heterocycles. The molecule has 1 fully saturated rings. The maximum Gasteiger partial charge on any atom is 0.306 e. The number of rotatable bonds is 2. The largest absolute Gasteiger partial charge is 0.481 e. The molecule has 0 spiro atoms. The minimum atomic E-state index is -0.605. The molecule has 1 rings (SSSR count). The summed E-state index contributed by atoms with van der Waals surface area (Å²) in [6.45, 7) is 6.63. The summed E-state index contributed by atoms with van der Waals surface area (Å²) < 4.78 is 0. The summed E-state index contributed by atoms with van der Waals surface area (Å²) in [6, 6.07) is 0. The van der Waals surface area contributed by atoms with Gasteiger partial charge in [-0.1, -0.05) is 27.2 Å². The molecule has 0 radical (unpaired) electrons. The number of hydrogen-bond acceptors (Lipinski definition) is 1. The zero-order valence-electron chi connectivity index (χ0n) is 8.84. The first-order valence-corrected chi connectivity index (χ1v) is 5.18. The van der Waals surface area contributed by atoms with Crippen LogP contribution in [0.2, 0.25) is 0 Å². The Morgan fingerprint density at radius 1 is 1.54 bits per heavy atom. The zero-order chi connectivity index (χ0) is 10.1. The van der Waals surface area contributed by atoms with Crippen molar-refractivity contribution in [2.75, 3.05) is 0 Å². The zero-order valence-corrected chi connectivity index (χ0v) is 8.84. The highest BCUT2D eigenvalue weighted by molar-refractivity contribution is 5.70. The lowest BCUT2D eigenvalue weighted by Gasteiger charge is -2.40. The third-order valence-corrected chi connectivity index (χ3v) is 3.76. The smallest absolute Gasteiger partial charge is 0.306 e. The summed E-state index contributed by atoms with van der Waals surface area (Å²) in [6.07, 6.45) is 4.00. The molecule has 1 aliphatic rings. The monoisotopic (exact) mass is 184 g/mol. The van der Waals surface area contributed by atoms with Crippen LogP contribution in [0.15, 0.2) is 0 Å². The molecule has 13 heavy (non-hydrogen) atoms. The highest BCUT2D eigenvalue weighted by atomic mass is 16.4. The molecule has 2 nitrogen and oxygen atoms in total. The van der Waals surface area contributed by atoms with Crippen molar-refractivity contribution in [1.29, 1.82) is 0 Å². The third-order valence-electron chi connectivity index (χ3n) is 3.76. The van der Waals surface area contributed by atoms with E-state index in [-0.39, 0.29) is 11.3 Å². The van der Waals surface area contributed by atoms with E-state index in [0.717, 1.165) is 19.3 Å². The van der Waals surface area contributed by atoms with Crippen LogP contribution in [0, 0.1) is 17.3 Å². The Kier molecular flexibility index (Phi) is 2.99. The van der Waals surface area contributed by atoms with Gasteiger partial charge in [-0.3, -0.25) is 4.79 Å². The molecule has 0 aromatic rings. The van der Waals surface area contributed by atoms with Gasteiger partial charge in [0.05, 0.1) is 5.92 Å². The van der Waals surface area contributed by atoms with Crippen LogP contribution in [0.3, 0.4) is 0 Å². The quantitative estimate of drug-likeness (QED) is 0.716. The molecule has 2 heteroatoms. The van der Waals surface area contributed by atoms with Crippen LogP contribution >= 0.6 is 0 Å². The van der Waals surface area contributed by atoms with Gasteiger partial charge in [0.15, 0.2) is 0 Å². The lowest BCUT2D eigenvalue weighted by Crippen LogP contribution is -2.33. The number of aliphatic carboxylic acids is 1. The number of carboxylic acid groups (broad SMARTS) is 1. The summed E-state index contributed by atoms with van der Waals surface area (Å²) in [5, 5.41) is 8.95. The standard InChI is InChI=1S/C11H20O2/c1-8(2)11(3)6-4-5-9(7-11)10(12)13/h8-9H,4-7H2,1-3H3,(H,12,13)/t9-,11-/m1/s1. The van der Waals surface area contributed by atoms with Crippen LogP contribution in [0.1, 0.15) is 46.5 Å². The fraction of sp³-hybridized carbons (Fsp3) is 0.909. The highest BCUT2D eigenvalue weighted by Gasteiger charge is 2.37. The van der Waals surface area contributed by atoms with E-state index in [1.165, 1.54) is 6.42 Å². The van der Waals surface area contributed by atoms with Gasteiger partial charge in [-0.05, 0) is 30.6 Å². The Bertz CT molecular complexity index is 198. The van der Waals surface area contributed by atoms with Crippen LogP contribution in [0.25, 0.3) is 0 Å². The molecule has 2 atom stereocenters. The molecule has 1 N–H and O–H groups in total. The van der Waals surface area contributed by atoms with Gasteiger partial charge < -0.3 is 5.11 Å². The normalized spacial score (nSPS) is 34.9. The van der Waals surface area contributed by atoms with E-state index in [0.29, 0.717) is 5.92 Å². The molecular weight excluding hydrogens is 164 g/mol. The van der Waals surface area contributed by atoms with Crippen LogP contribution in [-0.2, 0) is 4.79 Å². The molecule has 0 heterocycles. The highest BCUT2D eigenvalue weighted by Crippen LogP contribution is 2.44. The predicted octanol–water partition coefficient (Wildman–Crippen LogP) is 2.92. The Hall–Kier alpha value is -0.530. The lowest BCUT2D eigenvalue weighted by molar-refractivity contribution is -0.144. The van der Waals surface area contributed by atoms with Gasteiger partial charge in [-0.15, -0.1) is 0 Å². The van der Waals surface area contributed by atoms with Crippen molar-refractivity contribution in [3.05, 3.63) is 0 Å². The van der Waals surface area contributed by atoms with Gasteiger partial charge in [0.1, 0.15) is 0 Å². The summed E-state index contributed by atoms with van der Waals surface area (Å²) >= 11 is 0. The van der Waals surface area contributed by atoms with Gasteiger partial charge in [0.2, 0.25) is 0 Å². The van der Waals surface area contributed by atoms with Crippen molar-refractivity contribution in [3.63, 3.8) is 0 Å². The van der Waals surface area contributed by atoms with Crippen molar-refractivity contribution < 1.29 is 9.90 Å². The van der Waals surface area contributed by atoms with E-state index in [4.69, 9.17) is 5.11 Å². The predicted molar refractivity (Wildman–Crippen MR) is 52.5 cm³/mol. The third kappa shape index (κ3) is 2.23. The fourth-order valence-electron chi connectivity index (χ4n) is 2.25. The molecule has 76 valence electrons. The number of hydrogen-bond donors (Lipinski definition) is 1. The van der Waals surface area contributed by atoms with Gasteiger partial charge in [0.25, 0.3) is 0 Å².